The van der Waals surface area contributed by atoms with Crippen LogP contribution in [0.3, 0.4) is 0 Å². The predicted molar refractivity (Wildman–Crippen MR) is 87.8 cm³/mol. The standard InChI is InChI=1S/C15H23N3O3.ClH/c16-9-5-4-8-12(17)14(19)18-13(15(20)21)10-11-6-2-1-3-7-11;/h1-3,6-7,12-13H,4-5,8-10,16-17H2,(H,18,19)(H,20,21);1H/t12-,13-;/m0./s1. The minimum absolute atomic E-state index is 0. The Hall–Kier alpha value is -1.63. The van der Waals surface area contributed by atoms with Crippen molar-refractivity contribution in [2.45, 2.75) is 37.8 Å². The van der Waals surface area contributed by atoms with E-state index in [4.69, 9.17) is 11.5 Å². The van der Waals surface area contributed by atoms with E-state index in [-0.39, 0.29) is 18.8 Å². The van der Waals surface area contributed by atoms with E-state index in [9.17, 15) is 14.7 Å². The Morgan fingerprint density at radius 3 is 2.36 bits per heavy atom. The summed E-state index contributed by atoms with van der Waals surface area (Å²) in [7, 11) is 0. The van der Waals surface area contributed by atoms with Gasteiger partial charge in [-0.3, -0.25) is 4.79 Å². The van der Waals surface area contributed by atoms with Crippen molar-refractivity contribution in [3.05, 3.63) is 35.9 Å². The third-order valence-electron chi connectivity index (χ3n) is 3.20. The van der Waals surface area contributed by atoms with Crippen LogP contribution < -0.4 is 16.8 Å². The average molecular weight is 330 g/mol. The summed E-state index contributed by atoms with van der Waals surface area (Å²) in [6.45, 7) is 0.556. The van der Waals surface area contributed by atoms with Crippen molar-refractivity contribution in [1.82, 2.24) is 5.32 Å². The summed E-state index contributed by atoms with van der Waals surface area (Å²) < 4.78 is 0. The van der Waals surface area contributed by atoms with Gasteiger partial charge in [-0.15, -0.1) is 12.4 Å². The van der Waals surface area contributed by atoms with Gasteiger partial charge in [-0.05, 0) is 24.9 Å². The molecular weight excluding hydrogens is 306 g/mol. The van der Waals surface area contributed by atoms with Crippen LogP contribution in [0.25, 0.3) is 0 Å². The molecule has 7 heteroatoms. The Morgan fingerprint density at radius 2 is 1.82 bits per heavy atom. The summed E-state index contributed by atoms with van der Waals surface area (Å²) >= 11 is 0. The van der Waals surface area contributed by atoms with E-state index in [0.717, 1.165) is 18.4 Å². The van der Waals surface area contributed by atoms with Crippen molar-refractivity contribution in [2.75, 3.05) is 6.54 Å². The number of rotatable bonds is 9. The maximum Gasteiger partial charge on any atom is 0.326 e. The molecule has 0 aliphatic carbocycles. The fourth-order valence-corrected chi connectivity index (χ4v) is 1.97. The van der Waals surface area contributed by atoms with Crippen molar-refractivity contribution >= 4 is 24.3 Å². The van der Waals surface area contributed by atoms with Crippen LogP contribution in [-0.2, 0) is 16.0 Å². The summed E-state index contributed by atoms with van der Waals surface area (Å²) in [4.78, 5) is 23.2. The first-order chi connectivity index (χ1) is 10.0. The number of amides is 1. The third kappa shape index (κ3) is 7.40. The quantitative estimate of drug-likeness (QED) is 0.497. The molecule has 0 bridgehead atoms. The maximum atomic E-state index is 11.9. The second-order valence-electron chi connectivity index (χ2n) is 4.98. The second kappa shape index (κ2) is 11.0. The number of nitrogens with one attached hydrogen (secondary N) is 1. The molecule has 0 saturated carbocycles. The fourth-order valence-electron chi connectivity index (χ4n) is 1.97. The van der Waals surface area contributed by atoms with Crippen LogP contribution >= 0.6 is 12.4 Å². The van der Waals surface area contributed by atoms with Gasteiger partial charge in [-0.2, -0.15) is 0 Å². The summed E-state index contributed by atoms with van der Waals surface area (Å²) in [6, 6.07) is 7.48. The van der Waals surface area contributed by atoms with Gasteiger partial charge in [0.15, 0.2) is 0 Å². The molecule has 1 amide bonds. The number of halogens is 1. The van der Waals surface area contributed by atoms with Gasteiger partial charge in [0.1, 0.15) is 6.04 Å². The highest BCUT2D eigenvalue weighted by Gasteiger charge is 2.23. The Morgan fingerprint density at radius 1 is 1.18 bits per heavy atom. The van der Waals surface area contributed by atoms with Crippen molar-refractivity contribution in [2.24, 2.45) is 11.5 Å². The molecule has 0 heterocycles. The van der Waals surface area contributed by atoms with Crippen LogP contribution in [0.1, 0.15) is 24.8 Å². The van der Waals surface area contributed by atoms with Crippen LogP contribution in [0, 0.1) is 0 Å². The average Bonchev–Trinajstić information content (AvgIpc) is 2.47. The summed E-state index contributed by atoms with van der Waals surface area (Å²) in [5.41, 5.74) is 12.0. The van der Waals surface area contributed by atoms with Gasteiger partial charge in [-0.1, -0.05) is 36.8 Å². The van der Waals surface area contributed by atoms with Crippen LogP contribution in [0.2, 0.25) is 0 Å². The monoisotopic (exact) mass is 329 g/mol. The maximum absolute atomic E-state index is 11.9. The number of carboxylic acid groups (broad SMARTS) is 1. The molecule has 6 nitrogen and oxygen atoms in total. The Kier molecular flexibility index (Phi) is 10.2. The number of carbonyl (C=O) groups excluding carboxylic acids is 1. The van der Waals surface area contributed by atoms with E-state index >= 15 is 0 Å². The summed E-state index contributed by atoms with van der Waals surface area (Å²) in [6.07, 6.45) is 2.28. The highest BCUT2D eigenvalue weighted by molar-refractivity contribution is 5.86. The van der Waals surface area contributed by atoms with Gasteiger partial charge < -0.3 is 21.9 Å². The number of carboxylic acids is 1. The fraction of sp³-hybridized carbons (Fsp3) is 0.467. The molecule has 0 saturated heterocycles. The van der Waals surface area contributed by atoms with E-state index in [2.05, 4.69) is 5.32 Å². The lowest BCUT2D eigenvalue weighted by atomic mass is 10.0. The molecule has 1 rings (SSSR count). The molecule has 0 aliphatic heterocycles. The van der Waals surface area contributed by atoms with E-state index in [1.807, 2.05) is 30.3 Å². The largest absolute Gasteiger partial charge is 0.480 e. The number of carbonyl (C=O) groups is 2. The second-order valence-corrected chi connectivity index (χ2v) is 4.98. The highest BCUT2D eigenvalue weighted by atomic mass is 35.5. The first-order valence-electron chi connectivity index (χ1n) is 7.07. The summed E-state index contributed by atoms with van der Waals surface area (Å²) in [5.74, 6) is -1.50. The van der Waals surface area contributed by atoms with Crippen LogP contribution in [0.15, 0.2) is 30.3 Å². The molecule has 6 N–H and O–H groups in total. The number of aliphatic carboxylic acids is 1. The van der Waals surface area contributed by atoms with E-state index < -0.39 is 24.0 Å². The molecule has 0 fully saturated rings. The summed E-state index contributed by atoms with van der Waals surface area (Å²) in [5, 5.41) is 11.7. The number of benzene rings is 1. The molecule has 124 valence electrons. The molecule has 1 aromatic rings. The Bertz CT molecular complexity index is 457. The molecule has 2 atom stereocenters. The first-order valence-corrected chi connectivity index (χ1v) is 7.07. The lowest BCUT2D eigenvalue weighted by Gasteiger charge is -2.18. The Balaban J connectivity index is 0.00000441. The molecule has 1 aromatic carbocycles. The number of unbranched alkanes of at least 4 members (excludes halogenated alkanes) is 1. The van der Waals surface area contributed by atoms with E-state index in [1.54, 1.807) is 0 Å². The lowest BCUT2D eigenvalue weighted by Crippen LogP contribution is -2.49. The minimum Gasteiger partial charge on any atom is -0.480 e. The lowest BCUT2D eigenvalue weighted by molar-refractivity contribution is -0.142. The number of hydrogen-bond acceptors (Lipinski definition) is 4. The third-order valence-corrected chi connectivity index (χ3v) is 3.20. The van der Waals surface area contributed by atoms with Gasteiger partial charge in [0.05, 0.1) is 6.04 Å². The molecule has 0 radical (unpaired) electrons. The van der Waals surface area contributed by atoms with E-state index in [0.29, 0.717) is 13.0 Å². The van der Waals surface area contributed by atoms with Gasteiger partial charge in [0, 0.05) is 6.42 Å². The zero-order chi connectivity index (χ0) is 15.7. The predicted octanol–water partition coefficient (Wildman–Crippen LogP) is 0.677. The van der Waals surface area contributed by atoms with Gasteiger partial charge in [-0.25, -0.2) is 4.79 Å². The zero-order valence-corrected chi connectivity index (χ0v) is 13.2. The van der Waals surface area contributed by atoms with Crippen molar-refractivity contribution in [3.8, 4) is 0 Å². The van der Waals surface area contributed by atoms with Gasteiger partial charge >= 0.3 is 5.97 Å². The smallest absolute Gasteiger partial charge is 0.326 e. The first kappa shape index (κ1) is 20.4. The highest BCUT2D eigenvalue weighted by Crippen LogP contribution is 2.05. The molecular formula is C15H24ClN3O3. The van der Waals surface area contributed by atoms with Gasteiger partial charge in [0.25, 0.3) is 0 Å². The number of hydrogen-bond donors (Lipinski definition) is 4. The topological polar surface area (TPSA) is 118 Å². The zero-order valence-electron chi connectivity index (χ0n) is 12.4. The number of nitrogens with two attached hydrogens (primary N) is 2. The van der Waals surface area contributed by atoms with Crippen molar-refractivity contribution in [3.63, 3.8) is 0 Å². The molecule has 0 spiro atoms. The van der Waals surface area contributed by atoms with Crippen LogP contribution in [0.4, 0.5) is 0 Å². The molecule has 0 aliphatic rings. The van der Waals surface area contributed by atoms with Crippen molar-refractivity contribution in [1.29, 1.82) is 0 Å². The normalized spacial score (nSPS) is 12.8. The molecule has 0 unspecified atom stereocenters. The minimum atomic E-state index is -1.07. The van der Waals surface area contributed by atoms with Crippen molar-refractivity contribution < 1.29 is 14.7 Å². The van der Waals surface area contributed by atoms with Crippen LogP contribution in [-0.4, -0.2) is 35.6 Å². The molecule has 22 heavy (non-hydrogen) atoms. The van der Waals surface area contributed by atoms with Gasteiger partial charge in [0.2, 0.25) is 5.91 Å². The molecule has 0 aromatic heterocycles. The Labute approximate surface area is 136 Å². The SMILES string of the molecule is Cl.NCCCC[C@H](N)C(=O)N[C@@H](Cc1ccccc1)C(=O)O. The van der Waals surface area contributed by atoms with E-state index in [1.165, 1.54) is 0 Å². The van der Waals surface area contributed by atoms with Crippen LogP contribution in [0.5, 0.6) is 0 Å².